The molecule has 0 saturated carbocycles. The molecule has 0 saturated heterocycles. The number of hydrogen-bond acceptors (Lipinski definition) is 2. The van der Waals surface area contributed by atoms with Crippen LogP contribution in [0.4, 0.5) is 0 Å². The van der Waals surface area contributed by atoms with Crippen LogP contribution in [-0.2, 0) is 13.0 Å². The molecule has 0 aliphatic rings. The average Bonchev–Trinajstić information content (AvgIpc) is 2.65. The summed E-state index contributed by atoms with van der Waals surface area (Å²) in [6, 6.07) is 5.52. The molecule has 3 nitrogen and oxygen atoms in total. The van der Waals surface area contributed by atoms with E-state index >= 15 is 0 Å². The Labute approximate surface area is 137 Å². The number of nitrogens with two attached hydrogens (primary N) is 1. The van der Waals surface area contributed by atoms with Crippen molar-refractivity contribution in [2.75, 3.05) is 0 Å². The summed E-state index contributed by atoms with van der Waals surface area (Å²) in [5, 5.41) is 5.76. The molecule has 0 fully saturated rings. The van der Waals surface area contributed by atoms with Gasteiger partial charge in [0.05, 0.1) is 16.4 Å². The Hall–Kier alpha value is -0.550. The normalized spacial score (nSPS) is 12.7. The molecule has 0 amide bonds. The van der Waals surface area contributed by atoms with Gasteiger partial charge in [0.15, 0.2) is 0 Å². The number of benzene rings is 1. The molecule has 2 rings (SSSR count). The molecule has 2 N–H and O–H groups in total. The topological polar surface area (TPSA) is 43.8 Å². The van der Waals surface area contributed by atoms with Gasteiger partial charge in [-0.15, -0.1) is 0 Å². The van der Waals surface area contributed by atoms with Crippen molar-refractivity contribution in [1.82, 2.24) is 9.78 Å². The van der Waals surface area contributed by atoms with Gasteiger partial charge in [0.25, 0.3) is 0 Å². The molecule has 1 heterocycles. The summed E-state index contributed by atoms with van der Waals surface area (Å²) in [6.07, 6.45) is 0.625. The molecule has 2 aromatic rings. The van der Waals surface area contributed by atoms with Gasteiger partial charge in [-0.25, -0.2) is 0 Å². The number of nitrogens with zero attached hydrogens (tertiary/aromatic N) is 2. The second-order valence-corrected chi connectivity index (χ2v) is 6.41. The largest absolute Gasteiger partial charge is 0.324 e. The highest BCUT2D eigenvalue weighted by Gasteiger charge is 2.17. The third kappa shape index (κ3) is 3.37. The molecule has 0 radical (unpaired) electrons. The van der Waals surface area contributed by atoms with Crippen molar-refractivity contribution in [2.45, 2.75) is 32.9 Å². The number of aromatic nitrogens is 2. The first-order chi connectivity index (χ1) is 9.42. The average molecular weight is 377 g/mol. The first-order valence-electron chi connectivity index (χ1n) is 6.35. The Balaban J connectivity index is 2.29. The van der Waals surface area contributed by atoms with E-state index in [1.807, 2.05) is 36.7 Å². The second kappa shape index (κ2) is 6.48. The fourth-order valence-corrected chi connectivity index (χ4v) is 3.28. The van der Waals surface area contributed by atoms with Crippen LogP contribution in [0.2, 0.25) is 10.0 Å². The number of hydrogen-bond donors (Lipinski definition) is 1. The Kier molecular flexibility index (Phi) is 5.13. The Morgan fingerprint density at radius 1 is 1.35 bits per heavy atom. The monoisotopic (exact) mass is 375 g/mol. The van der Waals surface area contributed by atoms with Crippen LogP contribution in [0.25, 0.3) is 0 Å². The van der Waals surface area contributed by atoms with Crippen LogP contribution in [-0.4, -0.2) is 9.78 Å². The van der Waals surface area contributed by atoms with Crippen molar-refractivity contribution in [3.05, 3.63) is 49.7 Å². The Morgan fingerprint density at radius 3 is 2.65 bits per heavy atom. The zero-order valence-corrected chi connectivity index (χ0v) is 14.4. The van der Waals surface area contributed by atoms with E-state index in [1.54, 1.807) is 0 Å². The van der Waals surface area contributed by atoms with Gasteiger partial charge in [0.2, 0.25) is 0 Å². The van der Waals surface area contributed by atoms with E-state index in [1.165, 1.54) is 0 Å². The summed E-state index contributed by atoms with van der Waals surface area (Å²) in [7, 11) is 0. The molecule has 6 heteroatoms. The lowest BCUT2D eigenvalue weighted by Crippen LogP contribution is -2.16. The van der Waals surface area contributed by atoms with Crippen LogP contribution in [0, 0.1) is 6.92 Å². The van der Waals surface area contributed by atoms with Crippen LogP contribution in [0.5, 0.6) is 0 Å². The van der Waals surface area contributed by atoms with E-state index in [-0.39, 0.29) is 6.04 Å². The lowest BCUT2D eigenvalue weighted by molar-refractivity contribution is 0.587. The third-order valence-corrected chi connectivity index (χ3v) is 4.35. The predicted octanol–water partition coefficient (Wildman–Crippen LogP) is 4.52. The first-order valence-corrected chi connectivity index (χ1v) is 7.90. The summed E-state index contributed by atoms with van der Waals surface area (Å²) in [5.41, 5.74) is 9.07. The Bertz CT molecular complexity index is 605. The summed E-state index contributed by atoms with van der Waals surface area (Å²) in [5.74, 6) is 0. The maximum absolute atomic E-state index is 6.31. The van der Waals surface area contributed by atoms with Gasteiger partial charge in [0, 0.05) is 28.5 Å². The highest BCUT2D eigenvalue weighted by Crippen LogP contribution is 2.28. The van der Waals surface area contributed by atoms with Gasteiger partial charge in [-0.3, -0.25) is 4.68 Å². The smallest absolute Gasteiger partial charge is 0.0847 e. The van der Waals surface area contributed by atoms with Crippen molar-refractivity contribution < 1.29 is 0 Å². The van der Waals surface area contributed by atoms with Crippen LogP contribution in [0.3, 0.4) is 0 Å². The van der Waals surface area contributed by atoms with Gasteiger partial charge >= 0.3 is 0 Å². The molecule has 0 bridgehead atoms. The lowest BCUT2D eigenvalue weighted by atomic mass is 10.0. The van der Waals surface area contributed by atoms with Crippen LogP contribution < -0.4 is 5.73 Å². The van der Waals surface area contributed by atoms with Crippen molar-refractivity contribution in [3.8, 4) is 0 Å². The zero-order valence-electron chi connectivity index (χ0n) is 11.3. The lowest BCUT2D eigenvalue weighted by Gasteiger charge is -2.14. The number of aryl methyl sites for hydroxylation is 2. The van der Waals surface area contributed by atoms with Crippen LogP contribution in [0.15, 0.2) is 22.7 Å². The zero-order chi connectivity index (χ0) is 14.9. The van der Waals surface area contributed by atoms with Gasteiger partial charge in [-0.05, 0) is 37.6 Å². The quantitative estimate of drug-likeness (QED) is 0.852. The summed E-state index contributed by atoms with van der Waals surface area (Å²) in [6.45, 7) is 4.71. The molecular weight excluding hydrogens is 361 g/mol. The van der Waals surface area contributed by atoms with Gasteiger partial charge < -0.3 is 5.73 Å². The van der Waals surface area contributed by atoms with Crippen molar-refractivity contribution in [2.24, 2.45) is 5.73 Å². The molecule has 1 aromatic heterocycles. The molecule has 108 valence electrons. The minimum atomic E-state index is -0.177. The first kappa shape index (κ1) is 15.8. The Morgan fingerprint density at radius 2 is 2.05 bits per heavy atom. The molecule has 1 unspecified atom stereocenters. The van der Waals surface area contributed by atoms with Gasteiger partial charge in [-0.2, -0.15) is 5.10 Å². The van der Waals surface area contributed by atoms with Crippen molar-refractivity contribution in [1.29, 1.82) is 0 Å². The minimum Gasteiger partial charge on any atom is -0.324 e. The third-order valence-electron chi connectivity index (χ3n) is 3.18. The van der Waals surface area contributed by atoms with E-state index < -0.39 is 0 Å². The van der Waals surface area contributed by atoms with Crippen molar-refractivity contribution in [3.63, 3.8) is 0 Å². The predicted molar refractivity (Wildman–Crippen MR) is 87.4 cm³/mol. The molecular formula is C14H16BrCl2N3. The van der Waals surface area contributed by atoms with Crippen LogP contribution >= 0.6 is 39.1 Å². The molecule has 1 atom stereocenters. The van der Waals surface area contributed by atoms with Crippen molar-refractivity contribution >= 4 is 39.1 Å². The summed E-state index contributed by atoms with van der Waals surface area (Å²) >= 11 is 15.8. The van der Waals surface area contributed by atoms with E-state index in [0.717, 1.165) is 28.0 Å². The maximum Gasteiger partial charge on any atom is 0.0847 e. The van der Waals surface area contributed by atoms with E-state index in [9.17, 15) is 0 Å². The van der Waals surface area contributed by atoms with E-state index in [0.29, 0.717) is 16.5 Å². The molecule has 0 aliphatic heterocycles. The van der Waals surface area contributed by atoms with Gasteiger partial charge in [0.1, 0.15) is 0 Å². The fourth-order valence-electron chi connectivity index (χ4n) is 2.18. The summed E-state index contributed by atoms with van der Waals surface area (Å²) < 4.78 is 2.82. The van der Waals surface area contributed by atoms with Gasteiger partial charge in [-0.1, -0.05) is 39.1 Å². The molecule has 1 aromatic carbocycles. The minimum absolute atomic E-state index is 0.177. The highest BCUT2D eigenvalue weighted by atomic mass is 79.9. The SMILES string of the molecule is CCn1nc(C)c(Cl)c1CC(N)c1cc(Cl)cc(Br)c1. The fraction of sp³-hybridized carbons (Fsp3) is 0.357. The highest BCUT2D eigenvalue weighted by molar-refractivity contribution is 9.10. The molecule has 0 spiro atoms. The van der Waals surface area contributed by atoms with E-state index in [2.05, 4.69) is 21.0 Å². The molecule has 20 heavy (non-hydrogen) atoms. The standard InChI is InChI=1S/C14H16BrCl2N3/c1-3-20-13(14(17)8(2)19-20)7-12(18)9-4-10(15)6-11(16)5-9/h4-6,12H,3,7,18H2,1-2H3. The second-order valence-electron chi connectivity index (χ2n) is 4.68. The number of rotatable bonds is 4. The maximum atomic E-state index is 6.31. The number of halogens is 3. The molecule has 0 aliphatic carbocycles. The van der Waals surface area contributed by atoms with Crippen LogP contribution in [0.1, 0.15) is 29.9 Å². The van der Waals surface area contributed by atoms with E-state index in [4.69, 9.17) is 28.9 Å². The summed E-state index contributed by atoms with van der Waals surface area (Å²) in [4.78, 5) is 0.